The largest absolute Gasteiger partial charge is 0.444 e. The van der Waals surface area contributed by atoms with Gasteiger partial charge in [0.05, 0.1) is 24.1 Å². The summed E-state index contributed by atoms with van der Waals surface area (Å²) in [5.74, 6) is 1.67. The van der Waals surface area contributed by atoms with Gasteiger partial charge in [0.15, 0.2) is 0 Å². The first kappa shape index (κ1) is 26.1. The molecule has 0 saturated carbocycles. The Morgan fingerprint density at radius 1 is 1.18 bits per heavy atom. The highest BCUT2D eigenvalue weighted by molar-refractivity contribution is 6.36. The van der Waals surface area contributed by atoms with Crippen LogP contribution in [0.4, 0.5) is 10.6 Å². The monoisotopic (exact) mass is 551 g/mol. The van der Waals surface area contributed by atoms with Crippen LogP contribution in [0.15, 0.2) is 42.5 Å². The minimum Gasteiger partial charge on any atom is -0.444 e. The summed E-state index contributed by atoms with van der Waals surface area (Å²) in [7, 11) is 0. The average molecular weight is 552 g/mol. The van der Waals surface area contributed by atoms with Crippen LogP contribution in [0.3, 0.4) is 0 Å². The maximum Gasteiger partial charge on any atom is 0.410 e. The van der Waals surface area contributed by atoms with E-state index < -0.39 is 11.7 Å². The third kappa shape index (κ3) is 5.22. The fourth-order valence-electron chi connectivity index (χ4n) is 4.85. The van der Waals surface area contributed by atoms with Gasteiger partial charge in [-0.1, -0.05) is 41.9 Å². The second-order valence-corrected chi connectivity index (χ2v) is 11.0. The number of amides is 1. The number of halogens is 2. The van der Waals surface area contributed by atoms with Gasteiger partial charge in [0, 0.05) is 42.0 Å². The van der Waals surface area contributed by atoms with Crippen LogP contribution in [0.2, 0.25) is 10.3 Å². The Bertz CT molecular complexity index is 1470. The quantitative estimate of drug-likeness (QED) is 0.355. The zero-order valence-electron chi connectivity index (χ0n) is 21.4. The van der Waals surface area contributed by atoms with Crippen molar-refractivity contribution in [3.63, 3.8) is 0 Å². The molecule has 2 aliphatic rings. The van der Waals surface area contributed by atoms with Crippen molar-refractivity contribution in [2.45, 2.75) is 45.3 Å². The number of benzene rings is 2. The molecule has 5 rings (SSSR count). The smallest absolute Gasteiger partial charge is 0.410 e. The van der Waals surface area contributed by atoms with Gasteiger partial charge in [0.1, 0.15) is 17.2 Å². The Kier molecular flexibility index (Phi) is 7.08. The van der Waals surface area contributed by atoms with E-state index in [0.29, 0.717) is 48.5 Å². The number of piperazine rings is 1. The van der Waals surface area contributed by atoms with Crippen LogP contribution < -0.4 is 9.64 Å². The average Bonchev–Trinajstić information content (AvgIpc) is 2.87. The fourth-order valence-corrected chi connectivity index (χ4v) is 5.29. The first-order valence-corrected chi connectivity index (χ1v) is 13.1. The maximum absolute atomic E-state index is 12.8. The third-order valence-electron chi connectivity index (χ3n) is 6.47. The highest BCUT2D eigenvalue weighted by atomic mass is 35.5. The lowest BCUT2D eigenvalue weighted by molar-refractivity contribution is 0.0145. The van der Waals surface area contributed by atoms with E-state index in [4.69, 9.17) is 32.7 Å². The van der Waals surface area contributed by atoms with Crippen molar-refractivity contribution in [1.29, 1.82) is 5.26 Å². The van der Waals surface area contributed by atoms with E-state index in [2.05, 4.69) is 16.0 Å². The van der Waals surface area contributed by atoms with Crippen LogP contribution in [-0.4, -0.2) is 52.2 Å². The van der Waals surface area contributed by atoms with E-state index in [-0.39, 0.29) is 17.7 Å². The molecule has 0 unspecified atom stereocenters. The van der Waals surface area contributed by atoms with Gasteiger partial charge in [-0.25, -0.2) is 9.78 Å². The Balaban J connectivity index is 1.44. The van der Waals surface area contributed by atoms with Crippen molar-refractivity contribution < 1.29 is 14.3 Å². The summed E-state index contributed by atoms with van der Waals surface area (Å²) in [6, 6.07) is 13.6. The lowest BCUT2D eigenvalue weighted by Gasteiger charge is -2.42. The van der Waals surface area contributed by atoms with Crippen molar-refractivity contribution in [2.75, 3.05) is 24.5 Å². The Morgan fingerprint density at radius 3 is 2.68 bits per heavy atom. The first-order chi connectivity index (χ1) is 18.1. The van der Waals surface area contributed by atoms with Gasteiger partial charge in [-0.15, -0.1) is 0 Å². The molecule has 0 aliphatic carbocycles. The normalized spacial score (nSPS) is 17.4. The molecule has 0 N–H and O–H groups in total. The van der Waals surface area contributed by atoms with Gasteiger partial charge in [-0.3, -0.25) is 0 Å². The molecule has 3 aromatic rings. The zero-order valence-corrected chi connectivity index (χ0v) is 22.9. The molecule has 1 atom stereocenters. The molecule has 3 heterocycles. The van der Waals surface area contributed by atoms with Crippen molar-refractivity contribution in [3.05, 3.63) is 63.9 Å². The molecule has 1 fully saturated rings. The molecular weight excluding hydrogens is 525 g/mol. The Hall–Kier alpha value is -3.54. The van der Waals surface area contributed by atoms with Crippen LogP contribution >= 0.6 is 23.2 Å². The number of ether oxygens (including phenoxy) is 2. The number of carbonyl (C=O) groups excluding carboxylic acids is 1. The minimum atomic E-state index is -0.625. The number of hydrogen-bond acceptors (Lipinski definition) is 7. The highest BCUT2D eigenvalue weighted by Gasteiger charge is 2.35. The number of nitrogens with zero attached hydrogens (tertiary/aromatic N) is 5. The standard InChI is InChI=1S/C28H27Cl2N5O3/c1-28(2,3)38-27(36)35-15-14-34(16-18(35)12-13-31)24-20-10-11-22(37-25(20)33-26(30)32-24)19-8-4-6-17-7-5-9-21(29)23(17)19/h4-9,11,18H,10,12,14-16H2,1-3H3/t18-/m0/s1. The number of carbonyl (C=O) groups is 1. The van der Waals surface area contributed by atoms with E-state index in [1.54, 1.807) is 4.90 Å². The molecule has 8 nitrogen and oxygen atoms in total. The number of nitriles is 1. The summed E-state index contributed by atoms with van der Waals surface area (Å²) >= 11 is 12.9. The van der Waals surface area contributed by atoms with Crippen LogP contribution in [0.1, 0.15) is 38.3 Å². The molecule has 0 radical (unpaired) electrons. The van der Waals surface area contributed by atoms with Gasteiger partial charge < -0.3 is 19.3 Å². The Labute approximate surface area is 231 Å². The first-order valence-electron chi connectivity index (χ1n) is 12.4. The van der Waals surface area contributed by atoms with Gasteiger partial charge >= 0.3 is 6.09 Å². The van der Waals surface area contributed by atoms with E-state index >= 15 is 0 Å². The maximum atomic E-state index is 12.8. The lowest BCUT2D eigenvalue weighted by atomic mass is 10.0. The Morgan fingerprint density at radius 2 is 1.95 bits per heavy atom. The van der Waals surface area contributed by atoms with Crippen LogP contribution in [0.5, 0.6) is 5.88 Å². The molecular formula is C28H27Cl2N5O3. The molecule has 0 spiro atoms. The van der Waals surface area contributed by atoms with Crippen molar-refractivity contribution in [1.82, 2.24) is 14.9 Å². The molecule has 38 heavy (non-hydrogen) atoms. The predicted molar refractivity (Wildman–Crippen MR) is 147 cm³/mol. The molecule has 1 saturated heterocycles. The summed E-state index contributed by atoms with van der Waals surface area (Å²) in [5.41, 5.74) is 1.04. The van der Waals surface area contributed by atoms with Crippen LogP contribution in [0.25, 0.3) is 16.5 Å². The summed E-state index contributed by atoms with van der Waals surface area (Å²) in [6.45, 7) is 6.75. The van der Waals surface area contributed by atoms with Gasteiger partial charge in [-0.05, 0) is 49.9 Å². The second kappa shape index (κ2) is 10.3. The van der Waals surface area contributed by atoms with Crippen molar-refractivity contribution in [3.8, 4) is 11.9 Å². The molecule has 2 aliphatic heterocycles. The van der Waals surface area contributed by atoms with E-state index in [1.165, 1.54) is 0 Å². The molecule has 2 aromatic carbocycles. The number of allylic oxidation sites excluding steroid dienone is 1. The van der Waals surface area contributed by atoms with E-state index in [0.717, 1.165) is 21.9 Å². The molecule has 196 valence electrons. The second-order valence-electron chi connectivity index (χ2n) is 10.3. The number of hydrogen-bond donors (Lipinski definition) is 0. The summed E-state index contributed by atoms with van der Waals surface area (Å²) in [5, 5.41) is 12.1. The highest BCUT2D eigenvalue weighted by Crippen LogP contribution is 2.39. The van der Waals surface area contributed by atoms with Crippen LogP contribution in [-0.2, 0) is 11.2 Å². The summed E-state index contributed by atoms with van der Waals surface area (Å²) in [6.07, 6.45) is 2.25. The number of aromatic nitrogens is 2. The summed E-state index contributed by atoms with van der Waals surface area (Å²) in [4.78, 5) is 25.4. The molecule has 0 bridgehead atoms. The molecule has 1 amide bonds. The van der Waals surface area contributed by atoms with Crippen LogP contribution in [0, 0.1) is 11.3 Å². The van der Waals surface area contributed by atoms with Crippen molar-refractivity contribution in [2.24, 2.45) is 0 Å². The van der Waals surface area contributed by atoms with Gasteiger partial charge in [0.25, 0.3) is 0 Å². The topological polar surface area (TPSA) is 91.6 Å². The molecule has 10 heteroatoms. The van der Waals surface area contributed by atoms with Gasteiger partial charge in [-0.2, -0.15) is 10.2 Å². The third-order valence-corrected chi connectivity index (χ3v) is 6.96. The van der Waals surface area contributed by atoms with E-state index in [1.807, 2.05) is 68.1 Å². The number of rotatable bonds is 3. The zero-order chi connectivity index (χ0) is 27.0. The fraction of sp³-hybridized carbons (Fsp3) is 0.357. The van der Waals surface area contributed by atoms with E-state index in [9.17, 15) is 10.1 Å². The van der Waals surface area contributed by atoms with Gasteiger partial charge in [0.2, 0.25) is 11.2 Å². The molecule has 1 aromatic heterocycles. The number of anilines is 1. The number of fused-ring (bicyclic) bond motifs is 2. The van der Waals surface area contributed by atoms with Crippen molar-refractivity contribution >= 4 is 51.6 Å². The lowest BCUT2D eigenvalue weighted by Crippen LogP contribution is -2.56. The summed E-state index contributed by atoms with van der Waals surface area (Å²) < 4.78 is 11.9. The predicted octanol–water partition coefficient (Wildman–Crippen LogP) is 6.25. The minimum absolute atomic E-state index is 0.0577. The SMILES string of the molecule is CC(C)(C)OC(=O)N1CCN(c2nc(Cl)nc3c2CC=C(c2cccc4cccc(Cl)c24)O3)C[C@@H]1CC#N.